The summed E-state index contributed by atoms with van der Waals surface area (Å²) >= 11 is 0. The second-order valence-electron chi connectivity index (χ2n) is 6.15. The lowest BCUT2D eigenvalue weighted by Gasteiger charge is -2.41. The molecular weight excluding hydrogens is 278 g/mol. The third-order valence-corrected chi connectivity index (χ3v) is 4.18. The van der Waals surface area contributed by atoms with E-state index >= 15 is 0 Å². The molecule has 1 aliphatic heterocycles. The predicted molar refractivity (Wildman–Crippen MR) is 84.5 cm³/mol. The van der Waals surface area contributed by atoms with Crippen molar-refractivity contribution in [1.29, 1.82) is 0 Å². The van der Waals surface area contributed by atoms with Crippen molar-refractivity contribution >= 4 is 0 Å². The van der Waals surface area contributed by atoms with Crippen LogP contribution in [-0.4, -0.2) is 52.1 Å². The Morgan fingerprint density at radius 1 is 1.41 bits per heavy atom. The van der Waals surface area contributed by atoms with E-state index in [1.54, 1.807) is 6.20 Å². The lowest BCUT2D eigenvalue weighted by Crippen LogP contribution is -2.55. The normalized spacial score (nSPS) is 22.8. The van der Waals surface area contributed by atoms with Crippen LogP contribution in [-0.2, 0) is 17.7 Å². The molecule has 2 N–H and O–H groups in total. The van der Waals surface area contributed by atoms with E-state index in [4.69, 9.17) is 4.74 Å². The molecule has 3 rings (SSSR count). The summed E-state index contributed by atoms with van der Waals surface area (Å²) in [4.78, 5) is 2.31. The van der Waals surface area contributed by atoms with E-state index in [0.717, 1.165) is 31.7 Å². The third-order valence-electron chi connectivity index (χ3n) is 4.18. The van der Waals surface area contributed by atoms with Gasteiger partial charge in [-0.2, -0.15) is 5.10 Å². The zero-order valence-electron chi connectivity index (χ0n) is 13.0. The SMILES string of the molecule is Cc1cccc(CC2(CO)CN(Cc3ccn[nH]3)CCO2)c1. The first-order chi connectivity index (χ1) is 10.7. The molecule has 2 aromatic rings. The van der Waals surface area contributed by atoms with Gasteiger partial charge in [0.15, 0.2) is 0 Å². The topological polar surface area (TPSA) is 61.4 Å². The summed E-state index contributed by atoms with van der Waals surface area (Å²) in [5.41, 5.74) is 3.00. The Hall–Kier alpha value is -1.69. The van der Waals surface area contributed by atoms with Gasteiger partial charge in [0.25, 0.3) is 0 Å². The molecule has 1 fully saturated rings. The minimum absolute atomic E-state index is 0.0282. The van der Waals surface area contributed by atoms with Gasteiger partial charge in [-0.1, -0.05) is 29.8 Å². The molecule has 118 valence electrons. The molecule has 1 unspecified atom stereocenters. The van der Waals surface area contributed by atoms with Gasteiger partial charge in [0.1, 0.15) is 5.60 Å². The molecule has 2 heterocycles. The third kappa shape index (κ3) is 3.55. The molecule has 0 saturated carbocycles. The quantitative estimate of drug-likeness (QED) is 0.879. The van der Waals surface area contributed by atoms with Crippen LogP contribution in [0.2, 0.25) is 0 Å². The number of ether oxygens (including phenoxy) is 1. The van der Waals surface area contributed by atoms with Gasteiger partial charge in [-0.25, -0.2) is 0 Å². The Labute approximate surface area is 130 Å². The maximum absolute atomic E-state index is 9.94. The van der Waals surface area contributed by atoms with Crippen molar-refractivity contribution in [3.05, 3.63) is 53.3 Å². The van der Waals surface area contributed by atoms with Gasteiger partial charge in [-0.05, 0) is 18.6 Å². The summed E-state index contributed by atoms with van der Waals surface area (Å²) in [5, 5.41) is 16.9. The van der Waals surface area contributed by atoms with Crippen molar-refractivity contribution in [3.8, 4) is 0 Å². The second kappa shape index (κ2) is 6.60. The average molecular weight is 301 g/mol. The van der Waals surface area contributed by atoms with E-state index in [9.17, 15) is 5.11 Å². The average Bonchev–Trinajstić information content (AvgIpc) is 3.00. The number of H-pyrrole nitrogens is 1. The molecule has 0 radical (unpaired) electrons. The number of hydrogen-bond acceptors (Lipinski definition) is 4. The standard InChI is InChI=1S/C17H23N3O2/c1-14-3-2-4-15(9-14)10-17(13-21)12-20(7-8-22-17)11-16-5-6-18-19-16/h2-6,9,21H,7-8,10-13H2,1H3,(H,18,19). The number of aryl methyl sites for hydroxylation is 1. The van der Waals surface area contributed by atoms with Crippen molar-refractivity contribution < 1.29 is 9.84 Å². The van der Waals surface area contributed by atoms with E-state index < -0.39 is 5.60 Å². The highest BCUT2D eigenvalue weighted by atomic mass is 16.5. The summed E-state index contributed by atoms with van der Waals surface area (Å²) in [6, 6.07) is 10.4. The second-order valence-corrected chi connectivity index (χ2v) is 6.15. The molecule has 0 amide bonds. The van der Waals surface area contributed by atoms with E-state index in [-0.39, 0.29) is 6.61 Å². The lowest BCUT2D eigenvalue weighted by molar-refractivity contribution is -0.134. The fraction of sp³-hybridized carbons (Fsp3) is 0.471. The van der Waals surface area contributed by atoms with Gasteiger partial charge in [0.2, 0.25) is 0 Å². The van der Waals surface area contributed by atoms with Crippen LogP contribution in [0, 0.1) is 6.92 Å². The highest BCUT2D eigenvalue weighted by Gasteiger charge is 2.36. The minimum Gasteiger partial charge on any atom is -0.393 e. The molecule has 1 atom stereocenters. The number of aromatic nitrogens is 2. The fourth-order valence-corrected chi connectivity index (χ4v) is 3.12. The maximum Gasteiger partial charge on any atom is 0.108 e. The van der Waals surface area contributed by atoms with E-state index in [1.807, 2.05) is 6.07 Å². The van der Waals surface area contributed by atoms with Gasteiger partial charge < -0.3 is 9.84 Å². The zero-order valence-corrected chi connectivity index (χ0v) is 13.0. The molecule has 1 aromatic heterocycles. The molecule has 0 bridgehead atoms. The Morgan fingerprint density at radius 3 is 3.05 bits per heavy atom. The number of nitrogens with zero attached hydrogens (tertiary/aromatic N) is 2. The van der Waals surface area contributed by atoms with Crippen LogP contribution in [0.5, 0.6) is 0 Å². The molecule has 5 heteroatoms. The molecule has 0 aliphatic carbocycles. The summed E-state index contributed by atoms with van der Waals surface area (Å²) in [6.45, 7) is 5.15. The minimum atomic E-state index is -0.522. The first-order valence-electron chi connectivity index (χ1n) is 7.70. The number of aliphatic hydroxyl groups excluding tert-OH is 1. The highest BCUT2D eigenvalue weighted by molar-refractivity contribution is 5.24. The number of aromatic amines is 1. The van der Waals surface area contributed by atoms with Crippen LogP contribution in [0.15, 0.2) is 36.5 Å². The summed E-state index contributed by atoms with van der Waals surface area (Å²) < 4.78 is 5.99. The Kier molecular flexibility index (Phi) is 4.57. The molecule has 5 nitrogen and oxygen atoms in total. The molecule has 0 spiro atoms. The summed E-state index contributed by atoms with van der Waals surface area (Å²) in [6.07, 6.45) is 2.49. The zero-order chi connectivity index (χ0) is 15.4. The van der Waals surface area contributed by atoms with Crippen LogP contribution in [0.25, 0.3) is 0 Å². The monoisotopic (exact) mass is 301 g/mol. The Morgan fingerprint density at radius 2 is 2.32 bits per heavy atom. The van der Waals surface area contributed by atoms with Gasteiger partial charge in [-0.15, -0.1) is 0 Å². The molecule has 1 aromatic carbocycles. The van der Waals surface area contributed by atoms with E-state index in [0.29, 0.717) is 6.61 Å². The number of benzene rings is 1. The highest BCUT2D eigenvalue weighted by Crippen LogP contribution is 2.24. The number of hydrogen-bond donors (Lipinski definition) is 2. The van der Waals surface area contributed by atoms with Gasteiger partial charge in [-0.3, -0.25) is 10.00 Å². The lowest BCUT2D eigenvalue weighted by atomic mass is 9.92. The Bertz CT molecular complexity index is 600. The van der Waals surface area contributed by atoms with Gasteiger partial charge in [0.05, 0.1) is 13.2 Å². The first-order valence-corrected chi connectivity index (χ1v) is 7.70. The fourth-order valence-electron chi connectivity index (χ4n) is 3.12. The maximum atomic E-state index is 9.94. The predicted octanol–water partition coefficient (Wildman–Crippen LogP) is 1.52. The van der Waals surface area contributed by atoms with Crippen molar-refractivity contribution in [2.45, 2.75) is 25.5 Å². The molecule has 1 saturated heterocycles. The largest absolute Gasteiger partial charge is 0.393 e. The molecule has 22 heavy (non-hydrogen) atoms. The van der Waals surface area contributed by atoms with Crippen molar-refractivity contribution in [2.75, 3.05) is 26.3 Å². The smallest absolute Gasteiger partial charge is 0.108 e. The van der Waals surface area contributed by atoms with E-state index in [2.05, 4.69) is 46.3 Å². The Balaban J connectivity index is 1.71. The van der Waals surface area contributed by atoms with E-state index in [1.165, 1.54) is 11.1 Å². The van der Waals surface area contributed by atoms with Crippen LogP contribution >= 0.6 is 0 Å². The first kappa shape index (κ1) is 15.2. The summed E-state index contributed by atoms with van der Waals surface area (Å²) in [5.74, 6) is 0. The van der Waals surface area contributed by atoms with Crippen LogP contribution < -0.4 is 0 Å². The molecule has 1 aliphatic rings. The van der Waals surface area contributed by atoms with Crippen molar-refractivity contribution in [3.63, 3.8) is 0 Å². The molecular formula is C17H23N3O2. The van der Waals surface area contributed by atoms with Crippen molar-refractivity contribution in [2.24, 2.45) is 0 Å². The number of nitrogens with one attached hydrogen (secondary N) is 1. The van der Waals surface area contributed by atoms with Crippen LogP contribution in [0.3, 0.4) is 0 Å². The van der Waals surface area contributed by atoms with Crippen LogP contribution in [0.1, 0.15) is 16.8 Å². The number of aliphatic hydroxyl groups is 1. The van der Waals surface area contributed by atoms with Crippen LogP contribution in [0.4, 0.5) is 0 Å². The van der Waals surface area contributed by atoms with Gasteiger partial charge in [0, 0.05) is 37.9 Å². The number of morpholine rings is 1. The summed E-state index contributed by atoms with van der Waals surface area (Å²) in [7, 11) is 0. The van der Waals surface area contributed by atoms with Crippen molar-refractivity contribution in [1.82, 2.24) is 15.1 Å². The number of rotatable bonds is 5. The van der Waals surface area contributed by atoms with Gasteiger partial charge >= 0.3 is 0 Å².